The molecule has 23 heavy (non-hydrogen) atoms. The van der Waals surface area contributed by atoms with Crippen molar-refractivity contribution in [3.05, 3.63) is 70.3 Å². The highest BCUT2D eigenvalue weighted by atomic mass is 16.6. The van der Waals surface area contributed by atoms with Crippen LogP contribution in [0.1, 0.15) is 11.1 Å². The summed E-state index contributed by atoms with van der Waals surface area (Å²) in [6.07, 6.45) is 1.69. The Hall–Kier alpha value is -3.02. The lowest BCUT2D eigenvalue weighted by molar-refractivity contribution is -0.384. The van der Waals surface area contributed by atoms with Crippen molar-refractivity contribution >= 4 is 17.1 Å². The van der Waals surface area contributed by atoms with Gasteiger partial charge in [0.15, 0.2) is 0 Å². The van der Waals surface area contributed by atoms with Gasteiger partial charge in [0.25, 0.3) is 5.69 Å². The third-order valence-electron chi connectivity index (χ3n) is 3.18. The molecule has 2 aromatic rings. The second-order valence-corrected chi connectivity index (χ2v) is 4.98. The quantitative estimate of drug-likeness (QED) is 0.319. The van der Waals surface area contributed by atoms with Crippen molar-refractivity contribution in [2.45, 2.75) is 13.8 Å². The van der Waals surface area contributed by atoms with Crippen molar-refractivity contribution in [2.75, 3.05) is 6.61 Å². The number of hydrogen-bond donors (Lipinski definition) is 0. The summed E-state index contributed by atoms with van der Waals surface area (Å²) in [6.45, 7) is 7.93. The number of nitrogens with zero attached hydrogens (tertiary/aromatic N) is 3. The Bertz CT molecular complexity index is 752. The molecule has 0 saturated heterocycles. The van der Waals surface area contributed by atoms with Crippen LogP contribution in [0.2, 0.25) is 0 Å². The summed E-state index contributed by atoms with van der Waals surface area (Å²) in [7, 11) is 0. The van der Waals surface area contributed by atoms with E-state index in [9.17, 15) is 10.1 Å². The molecule has 2 rings (SSSR count). The molecule has 0 radical (unpaired) electrons. The topological polar surface area (TPSA) is 77.1 Å². The minimum absolute atomic E-state index is 0.0275. The Balaban J connectivity index is 2.20. The minimum Gasteiger partial charge on any atom is -0.489 e. The molecular weight excluding hydrogens is 294 g/mol. The first kappa shape index (κ1) is 16.4. The van der Waals surface area contributed by atoms with Gasteiger partial charge in [0.1, 0.15) is 12.4 Å². The maximum Gasteiger partial charge on any atom is 0.269 e. The molecule has 6 nitrogen and oxygen atoms in total. The zero-order chi connectivity index (χ0) is 16.8. The molecule has 0 atom stereocenters. The number of rotatable bonds is 6. The Kier molecular flexibility index (Phi) is 5.19. The fourth-order valence-corrected chi connectivity index (χ4v) is 1.94. The molecule has 0 unspecified atom stereocenters. The van der Waals surface area contributed by atoms with Crippen LogP contribution in [0.3, 0.4) is 0 Å². The number of aryl methyl sites for hydroxylation is 2. The molecule has 0 aliphatic carbocycles. The van der Waals surface area contributed by atoms with Crippen molar-refractivity contribution < 1.29 is 9.66 Å². The van der Waals surface area contributed by atoms with Gasteiger partial charge in [-0.1, -0.05) is 12.7 Å². The van der Waals surface area contributed by atoms with Crippen molar-refractivity contribution in [1.82, 2.24) is 0 Å². The Morgan fingerprint density at radius 1 is 1.17 bits per heavy atom. The van der Waals surface area contributed by atoms with E-state index in [2.05, 4.69) is 16.8 Å². The fourth-order valence-electron chi connectivity index (χ4n) is 1.94. The molecule has 2 aromatic carbocycles. The second-order valence-electron chi connectivity index (χ2n) is 4.98. The van der Waals surface area contributed by atoms with Crippen molar-refractivity contribution in [2.24, 2.45) is 10.2 Å². The average molecular weight is 311 g/mol. The second kappa shape index (κ2) is 7.31. The van der Waals surface area contributed by atoms with Gasteiger partial charge in [-0.2, -0.15) is 10.2 Å². The van der Waals surface area contributed by atoms with Crippen LogP contribution in [0.25, 0.3) is 0 Å². The number of benzene rings is 2. The molecule has 0 fully saturated rings. The largest absolute Gasteiger partial charge is 0.489 e. The fraction of sp³-hybridized carbons (Fsp3) is 0.176. The smallest absolute Gasteiger partial charge is 0.269 e. The molecule has 0 aliphatic heterocycles. The van der Waals surface area contributed by atoms with Crippen LogP contribution in [0, 0.1) is 24.0 Å². The molecular formula is C17H17N3O3. The minimum atomic E-state index is -0.448. The lowest BCUT2D eigenvalue weighted by Crippen LogP contribution is -1.95. The normalized spacial score (nSPS) is 10.7. The van der Waals surface area contributed by atoms with E-state index < -0.39 is 4.92 Å². The number of hydrogen-bond acceptors (Lipinski definition) is 5. The summed E-state index contributed by atoms with van der Waals surface area (Å²) in [6, 6.07) is 9.72. The lowest BCUT2D eigenvalue weighted by Gasteiger charge is -2.09. The van der Waals surface area contributed by atoms with E-state index in [4.69, 9.17) is 4.74 Å². The third kappa shape index (κ3) is 4.23. The van der Waals surface area contributed by atoms with Gasteiger partial charge in [0.2, 0.25) is 0 Å². The number of non-ortho nitro benzene ring substituents is 1. The number of nitro benzene ring substituents is 1. The Morgan fingerprint density at radius 3 is 2.48 bits per heavy atom. The number of azo groups is 1. The zero-order valence-electron chi connectivity index (χ0n) is 13.0. The summed E-state index contributed by atoms with van der Waals surface area (Å²) in [4.78, 5) is 10.2. The van der Waals surface area contributed by atoms with Crippen LogP contribution in [0.15, 0.2) is 59.3 Å². The molecule has 118 valence electrons. The summed E-state index contributed by atoms with van der Waals surface area (Å²) >= 11 is 0. The van der Waals surface area contributed by atoms with Crippen LogP contribution >= 0.6 is 0 Å². The van der Waals surface area contributed by atoms with Gasteiger partial charge in [-0.05, 0) is 49.2 Å². The molecule has 0 aliphatic rings. The Morgan fingerprint density at radius 2 is 1.87 bits per heavy atom. The highest BCUT2D eigenvalue weighted by Crippen LogP contribution is 2.29. The van der Waals surface area contributed by atoms with Gasteiger partial charge in [0.05, 0.1) is 16.3 Å². The van der Waals surface area contributed by atoms with E-state index in [-0.39, 0.29) is 5.69 Å². The maximum absolute atomic E-state index is 10.6. The molecule has 0 bridgehead atoms. The van der Waals surface area contributed by atoms with Crippen LogP contribution < -0.4 is 4.74 Å². The first-order chi connectivity index (χ1) is 11.0. The van der Waals surface area contributed by atoms with Gasteiger partial charge >= 0.3 is 0 Å². The SMILES string of the molecule is C=CCOc1cc(C)c(N=Nc2ccc([N+](=O)[O-])cc2)cc1C. The number of ether oxygens (including phenoxy) is 1. The zero-order valence-corrected chi connectivity index (χ0v) is 13.0. The molecule has 0 N–H and O–H groups in total. The van der Waals surface area contributed by atoms with E-state index >= 15 is 0 Å². The summed E-state index contributed by atoms with van der Waals surface area (Å²) in [5.41, 5.74) is 3.20. The number of nitro groups is 1. The van der Waals surface area contributed by atoms with Gasteiger partial charge in [-0.3, -0.25) is 10.1 Å². The van der Waals surface area contributed by atoms with Crippen molar-refractivity contribution in [3.8, 4) is 5.75 Å². The van der Waals surface area contributed by atoms with Crippen LogP contribution in [0.4, 0.5) is 17.1 Å². The summed E-state index contributed by atoms with van der Waals surface area (Å²) in [5.74, 6) is 0.789. The van der Waals surface area contributed by atoms with E-state index in [1.54, 1.807) is 18.2 Å². The average Bonchev–Trinajstić information content (AvgIpc) is 2.54. The van der Waals surface area contributed by atoms with E-state index in [1.165, 1.54) is 12.1 Å². The highest BCUT2D eigenvalue weighted by molar-refractivity contribution is 5.53. The molecule has 0 spiro atoms. The van der Waals surface area contributed by atoms with Gasteiger partial charge in [-0.25, -0.2) is 0 Å². The molecule has 0 saturated carbocycles. The molecule has 0 aromatic heterocycles. The molecule has 0 heterocycles. The predicted octanol–water partition coefficient (Wildman–Crippen LogP) is 5.19. The van der Waals surface area contributed by atoms with Gasteiger partial charge in [-0.15, -0.1) is 0 Å². The summed E-state index contributed by atoms with van der Waals surface area (Å²) in [5, 5.41) is 18.9. The maximum atomic E-state index is 10.6. The molecule has 0 amide bonds. The van der Waals surface area contributed by atoms with Gasteiger partial charge < -0.3 is 4.74 Å². The van der Waals surface area contributed by atoms with Crippen LogP contribution in [-0.4, -0.2) is 11.5 Å². The van der Waals surface area contributed by atoms with Crippen molar-refractivity contribution in [3.63, 3.8) is 0 Å². The van der Waals surface area contributed by atoms with Crippen molar-refractivity contribution in [1.29, 1.82) is 0 Å². The van der Waals surface area contributed by atoms with E-state index in [0.717, 1.165) is 22.6 Å². The first-order valence-electron chi connectivity index (χ1n) is 7.02. The van der Waals surface area contributed by atoms with Crippen LogP contribution in [0.5, 0.6) is 5.75 Å². The molecule has 6 heteroatoms. The first-order valence-corrected chi connectivity index (χ1v) is 7.02. The van der Waals surface area contributed by atoms with Crippen LogP contribution in [-0.2, 0) is 0 Å². The predicted molar refractivity (Wildman–Crippen MR) is 88.9 cm³/mol. The monoisotopic (exact) mass is 311 g/mol. The highest BCUT2D eigenvalue weighted by Gasteiger charge is 2.06. The lowest BCUT2D eigenvalue weighted by atomic mass is 10.1. The van der Waals surface area contributed by atoms with Gasteiger partial charge in [0, 0.05) is 12.1 Å². The van der Waals surface area contributed by atoms with E-state index in [0.29, 0.717) is 12.3 Å². The standard InChI is InChI=1S/C17H17N3O3/c1-4-9-23-17-11-12(2)16(10-13(17)3)19-18-14-5-7-15(8-6-14)20(21)22/h4-8,10-11H,1,9H2,2-3H3. The van der Waals surface area contributed by atoms with E-state index in [1.807, 2.05) is 26.0 Å². The Labute approximate surface area is 134 Å². The third-order valence-corrected chi connectivity index (χ3v) is 3.18. The summed E-state index contributed by atoms with van der Waals surface area (Å²) < 4.78 is 5.57.